The average Bonchev–Trinajstić information content (AvgIpc) is 2.71. The van der Waals surface area contributed by atoms with Gasteiger partial charge in [0.15, 0.2) is 0 Å². The highest BCUT2D eigenvalue weighted by Gasteiger charge is 2.09. The zero-order valence-corrected chi connectivity index (χ0v) is 8.29. The van der Waals surface area contributed by atoms with E-state index < -0.39 is 6.09 Å². The molecule has 2 aromatic rings. The molecule has 2 rings (SSSR count). The number of phenols is 1. The van der Waals surface area contributed by atoms with Crippen LogP contribution in [-0.4, -0.2) is 20.9 Å². The Labute approximate surface area is 91.4 Å². The van der Waals surface area contributed by atoms with Gasteiger partial charge in [-0.25, -0.2) is 4.79 Å². The summed E-state index contributed by atoms with van der Waals surface area (Å²) in [7, 11) is 0. The van der Waals surface area contributed by atoms with Crippen molar-refractivity contribution in [2.24, 2.45) is 0 Å². The lowest BCUT2D eigenvalue weighted by molar-refractivity contribution is 0.196. The summed E-state index contributed by atoms with van der Waals surface area (Å²) in [5, 5.41) is 18.5. The summed E-state index contributed by atoms with van der Waals surface area (Å²) in [4.78, 5) is 10.7. The molecule has 0 aliphatic rings. The first-order chi connectivity index (χ1) is 7.59. The number of para-hydroxylation sites is 1. The number of carboxylic acid groups (broad SMARTS) is 1. The quantitative estimate of drug-likeness (QED) is 0.504. The molecule has 0 aliphatic heterocycles. The third kappa shape index (κ3) is 1.58. The van der Waals surface area contributed by atoms with Crippen LogP contribution in [0.25, 0.3) is 11.1 Å². The van der Waals surface area contributed by atoms with Crippen molar-refractivity contribution in [2.45, 2.75) is 0 Å². The summed E-state index contributed by atoms with van der Waals surface area (Å²) >= 11 is 0. The summed E-state index contributed by atoms with van der Waals surface area (Å²) in [6, 6.07) is 6.55. The number of nitrogens with zero attached hydrogens (tertiary/aromatic N) is 1. The van der Waals surface area contributed by atoms with Crippen LogP contribution in [0.5, 0.6) is 5.75 Å². The van der Waals surface area contributed by atoms with Crippen molar-refractivity contribution in [3.05, 3.63) is 36.7 Å². The highest BCUT2D eigenvalue weighted by molar-refractivity contribution is 5.78. The fraction of sp³-hybridized carbons (Fsp3) is 0. The van der Waals surface area contributed by atoms with Gasteiger partial charge in [0.1, 0.15) is 5.75 Å². The normalized spacial score (nSPS) is 10.2. The predicted octanol–water partition coefficient (Wildman–Crippen LogP) is 1.97. The molecule has 0 bridgehead atoms. The Bertz CT molecular complexity index is 546. The molecule has 1 heterocycles. The van der Waals surface area contributed by atoms with Crippen LogP contribution in [0, 0.1) is 0 Å². The molecule has 0 radical (unpaired) electrons. The van der Waals surface area contributed by atoms with Gasteiger partial charge in [0.2, 0.25) is 0 Å². The lowest BCUT2D eigenvalue weighted by atomic mass is 10.1. The smallest absolute Gasteiger partial charge is 0.415 e. The topological polar surface area (TPSA) is 88.5 Å². The van der Waals surface area contributed by atoms with E-state index in [9.17, 15) is 9.90 Å². The molecule has 82 valence electrons. The summed E-state index contributed by atoms with van der Waals surface area (Å²) in [6.45, 7) is 0. The minimum atomic E-state index is -1.07. The van der Waals surface area contributed by atoms with Crippen molar-refractivity contribution in [1.82, 2.24) is 4.57 Å². The van der Waals surface area contributed by atoms with Crippen molar-refractivity contribution in [1.29, 1.82) is 0 Å². The predicted molar refractivity (Wildman–Crippen MR) is 59.4 cm³/mol. The summed E-state index contributed by atoms with van der Waals surface area (Å²) in [6.07, 6.45) is 1.74. The van der Waals surface area contributed by atoms with E-state index in [4.69, 9.17) is 10.8 Å². The van der Waals surface area contributed by atoms with Crippen LogP contribution in [0.4, 0.5) is 10.5 Å². The van der Waals surface area contributed by atoms with Gasteiger partial charge in [0.05, 0.1) is 5.69 Å². The maximum atomic E-state index is 10.7. The van der Waals surface area contributed by atoms with E-state index >= 15 is 0 Å². The Morgan fingerprint density at radius 2 is 2.06 bits per heavy atom. The molecule has 0 saturated carbocycles. The molecule has 0 spiro atoms. The number of benzene rings is 1. The number of phenolic OH excluding ortho intramolecular Hbond substituents is 1. The molecule has 0 unspecified atom stereocenters. The van der Waals surface area contributed by atoms with Gasteiger partial charge in [-0.3, -0.25) is 4.57 Å². The average molecular weight is 218 g/mol. The molecular formula is C11H10N2O3. The van der Waals surface area contributed by atoms with Crippen LogP contribution in [0.2, 0.25) is 0 Å². The maximum Gasteiger partial charge on any atom is 0.415 e. The third-order valence-electron chi connectivity index (χ3n) is 2.29. The van der Waals surface area contributed by atoms with Gasteiger partial charge in [0.25, 0.3) is 0 Å². The Morgan fingerprint density at radius 3 is 2.69 bits per heavy atom. The van der Waals surface area contributed by atoms with Gasteiger partial charge in [0, 0.05) is 23.5 Å². The largest absolute Gasteiger partial charge is 0.505 e. The first kappa shape index (κ1) is 10.1. The second kappa shape index (κ2) is 3.62. The maximum absolute atomic E-state index is 10.7. The standard InChI is InChI=1S/C11H10N2O3/c12-9-3-1-2-8(10(9)14)7-4-5-13(6-7)11(15)16/h1-6,14H,12H2,(H,15,16). The lowest BCUT2D eigenvalue weighted by Crippen LogP contribution is -2.03. The van der Waals surface area contributed by atoms with E-state index in [2.05, 4.69) is 0 Å². The number of anilines is 1. The first-order valence-electron chi connectivity index (χ1n) is 4.58. The molecule has 0 saturated heterocycles. The number of hydrogen-bond donors (Lipinski definition) is 3. The number of nitrogen functional groups attached to an aromatic ring is 1. The molecule has 4 N–H and O–H groups in total. The van der Waals surface area contributed by atoms with Crippen LogP contribution in [-0.2, 0) is 0 Å². The molecule has 16 heavy (non-hydrogen) atoms. The molecule has 0 amide bonds. The second-order valence-corrected chi connectivity index (χ2v) is 3.33. The Balaban J connectivity index is 2.50. The van der Waals surface area contributed by atoms with Crippen molar-refractivity contribution in [3.8, 4) is 16.9 Å². The third-order valence-corrected chi connectivity index (χ3v) is 2.29. The van der Waals surface area contributed by atoms with E-state index in [1.54, 1.807) is 24.3 Å². The van der Waals surface area contributed by atoms with Gasteiger partial charge < -0.3 is 15.9 Å². The SMILES string of the molecule is Nc1cccc(-c2ccn(C(=O)O)c2)c1O. The molecule has 0 aliphatic carbocycles. The Hall–Kier alpha value is -2.43. The number of nitrogens with two attached hydrogens (primary N) is 1. The van der Waals surface area contributed by atoms with Crippen LogP contribution in [0.1, 0.15) is 0 Å². The number of rotatable bonds is 1. The van der Waals surface area contributed by atoms with E-state index in [-0.39, 0.29) is 11.4 Å². The van der Waals surface area contributed by atoms with E-state index in [1.165, 1.54) is 12.4 Å². The minimum Gasteiger partial charge on any atom is -0.505 e. The molecule has 0 atom stereocenters. The molecule has 1 aromatic heterocycles. The molecule has 0 fully saturated rings. The number of carbonyl (C=O) groups is 1. The zero-order chi connectivity index (χ0) is 11.7. The van der Waals surface area contributed by atoms with Crippen LogP contribution < -0.4 is 5.73 Å². The highest BCUT2D eigenvalue weighted by Crippen LogP contribution is 2.33. The first-order valence-corrected chi connectivity index (χ1v) is 4.58. The number of aromatic nitrogens is 1. The second-order valence-electron chi connectivity index (χ2n) is 3.33. The minimum absolute atomic E-state index is 0.0364. The Kier molecular flexibility index (Phi) is 2.28. The fourth-order valence-electron chi connectivity index (χ4n) is 1.47. The Morgan fingerprint density at radius 1 is 1.31 bits per heavy atom. The van der Waals surface area contributed by atoms with Crippen molar-refractivity contribution in [2.75, 3.05) is 5.73 Å². The zero-order valence-electron chi connectivity index (χ0n) is 8.29. The summed E-state index contributed by atoms with van der Waals surface area (Å²) in [5.41, 5.74) is 6.93. The lowest BCUT2D eigenvalue weighted by Gasteiger charge is -2.04. The van der Waals surface area contributed by atoms with Crippen molar-refractivity contribution < 1.29 is 15.0 Å². The molecule has 1 aromatic carbocycles. The molecule has 5 nitrogen and oxygen atoms in total. The van der Waals surface area contributed by atoms with Crippen molar-refractivity contribution >= 4 is 11.8 Å². The summed E-state index contributed by atoms with van der Waals surface area (Å²) in [5.74, 6) is -0.0364. The van der Waals surface area contributed by atoms with Gasteiger partial charge >= 0.3 is 6.09 Å². The monoisotopic (exact) mass is 218 g/mol. The van der Waals surface area contributed by atoms with Crippen LogP contribution in [0.3, 0.4) is 0 Å². The van der Waals surface area contributed by atoms with Crippen LogP contribution in [0.15, 0.2) is 36.7 Å². The molecule has 5 heteroatoms. The van der Waals surface area contributed by atoms with E-state index in [0.717, 1.165) is 4.57 Å². The van der Waals surface area contributed by atoms with Crippen molar-refractivity contribution in [3.63, 3.8) is 0 Å². The molecular weight excluding hydrogens is 208 g/mol. The van der Waals surface area contributed by atoms with Crippen LogP contribution >= 0.6 is 0 Å². The summed E-state index contributed by atoms with van der Waals surface area (Å²) < 4.78 is 1.01. The number of hydrogen-bond acceptors (Lipinski definition) is 3. The fourth-order valence-corrected chi connectivity index (χ4v) is 1.47. The van der Waals surface area contributed by atoms with Gasteiger partial charge in [-0.2, -0.15) is 0 Å². The van der Waals surface area contributed by atoms with Gasteiger partial charge in [-0.05, 0) is 12.1 Å². The van der Waals surface area contributed by atoms with E-state index in [0.29, 0.717) is 11.1 Å². The number of aromatic hydroxyl groups is 1. The van der Waals surface area contributed by atoms with Gasteiger partial charge in [-0.1, -0.05) is 12.1 Å². The van der Waals surface area contributed by atoms with E-state index in [1.807, 2.05) is 0 Å². The highest BCUT2D eigenvalue weighted by atomic mass is 16.4. The van der Waals surface area contributed by atoms with Gasteiger partial charge in [-0.15, -0.1) is 0 Å².